The van der Waals surface area contributed by atoms with Crippen molar-refractivity contribution in [3.8, 4) is 0 Å². The zero-order valence-electron chi connectivity index (χ0n) is 16.7. The van der Waals surface area contributed by atoms with Gasteiger partial charge in [-0.1, -0.05) is 18.2 Å². The van der Waals surface area contributed by atoms with Crippen molar-refractivity contribution in [1.29, 1.82) is 0 Å². The van der Waals surface area contributed by atoms with Gasteiger partial charge in [0.05, 0.1) is 5.56 Å². The lowest BCUT2D eigenvalue weighted by atomic mass is 10.1. The maximum atomic E-state index is 12.7. The van der Waals surface area contributed by atoms with Crippen molar-refractivity contribution < 1.29 is 13.2 Å². The molecule has 8 heteroatoms. The summed E-state index contributed by atoms with van der Waals surface area (Å²) in [5.41, 5.74) is 0.108. The molecule has 2 rings (SSSR count). The van der Waals surface area contributed by atoms with E-state index in [0.29, 0.717) is 32.1 Å². The number of alkyl halides is 3. The molecular weight excluding hydrogens is 381 g/mol. The van der Waals surface area contributed by atoms with Crippen LogP contribution in [0.25, 0.3) is 0 Å². The summed E-state index contributed by atoms with van der Waals surface area (Å²) >= 11 is 0. The van der Waals surface area contributed by atoms with E-state index < -0.39 is 11.7 Å². The minimum Gasteiger partial charge on any atom is -0.357 e. The number of rotatable bonds is 8. The molecule has 5 nitrogen and oxygen atoms in total. The quantitative estimate of drug-likeness (QED) is 0.411. The van der Waals surface area contributed by atoms with Crippen molar-refractivity contribution >= 4 is 5.96 Å². The molecule has 0 aliphatic carbocycles. The summed E-state index contributed by atoms with van der Waals surface area (Å²) in [5.74, 6) is 0.698. The van der Waals surface area contributed by atoms with Crippen molar-refractivity contribution in [3.63, 3.8) is 0 Å². The van der Waals surface area contributed by atoms with Gasteiger partial charge in [0.2, 0.25) is 5.56 Å². The van der Waals surface area contributed by atoms with Gasteiger partial charge in [0.25, 0.3) is 0 Å². The van der Waals surface area contributed by atoms with E-state index in [1.807, 2.05) is 24.9 Å². The van der Waals surface area contributed by atoms with Crippen LogP contribution in [0.2, 0.25) is 0 Å². The number of guanidine groups is 1. The van der Waals surface area contributed by atoms with Gasteiger partial charge in [0.15, 0.2) is 5.96 Å². The highest BCUT2D eigenvalue weighted by molar-refractivity contribution is 5.79. The van der Waals surface area contributed by atoms with Gasteiger partial charge in [-0.25, -0.2) is 0 Å². The molecule has 1 N–H and O–H groups in total. The predicted octanol–water partition coefficient (Wildman–Crippen LogP) is 3.74. The van der Waals surface area contributed by atoms with Crippen molar-refractivity contribution in [2.75, 3.05) is 20.1 Å². The number of aromatic nitrogens is 1. The van der Waals surface area contributed by atoms with Gasteiger partial charge in [-0.05, 0) is 43.5 Å². The molecule has 0 aliphatic rings. The highest BCUT2D eigenvalue weighted by Crippen LogP contribution is 2.29. The Balaban J connectivity index is 1.88. The Morgan fingerprint density at radius 1 is 1.14 bits per heavy atom. The lowest BCUT2D eigenvalue weighted by molar-refractivity contribution is -0.137. The van der Waals surface area contributed by atoms with Crippen molar-refractivity contribution in [1.82, 2.24) is 14.8 Å². The molecule has 158 valence electrons. The van der Waals surface area contributed by atoms with E-state index in [1.165, 1.54) is 18.2 Å². The number of benzene rings is 1. The van der Waals surface area contributed by atoms with Crippen molar-refractivity contribution in [2.24, 2.45) is 4.99 Å². The largest absolute Gasteiger partial charge is 0.416 e. The highest BCUT2D eigenvalue weighted by Gasteiger charge is 2.29. The Bertz CT molecular complexity index is 844. The first-order valence-corrected chi connectivity index (χ1v) is 9.62. The molecule has 0 aliphatic heterocycles. The first-order valence-electron chi connectivity index (χ1n) is 9.62. The number of halogens is 3. The minimum atomic E-state index is -4.33. The summed E-state index contributed by atoms with van der Waals surface area (Å²) in [6, 6.07) is 10.3. The zero-order valence-corrected chi connectivity index (χ0v) is 16.7. The second-order valence-electron chi connectivity index (χ2n) is 6.73. The first-order chi connectivity index (χ1) is 13.8. The zero-order chi connectivity index (χ0) is 21.3. The Kier molecular flexibility index (Phi) is 8.30. The third-order valence-electron chi connectivity index (χ3n) is 4.37. The van der Waals surface area contributed by atoms with E-state index in [4.69, 9.17) is 0 Å². The van der Waals surface area contributed by atoms with Crippen molar-refractivity contribution in [2.45, 2.75) is 39.0 Å². The summed E-state index contributed by atoms with van der Waals surface area (Å²) in [6.07, 6.45) is -0.904. The summed E-state index contributed by atoms with van der Waals surface area (Å²) < 4.78 is 39.7. The third-order valence-corrected chi connectivity index (χ3v) is 4.37. The average Bonchev–Trinajstić information content (AvgIpc) is 2.68. The van der Waals surface area contributed by atoms with Crippen LogP contribution in [0.4, 0.5) is 13.2 Å². The molecule has 0 atom stereocenters. The molecule has 0 amide bonds. The molecule has 0 spiro atoms. The first kappa shape index (κ1) is 22.5. The van der Waals surface area contributed by atoms with Gasteiger partial charge in [0.1, 0.15) is 0 Å². The number of hydrogen-bond acceptors (Lipinski definition) is 2. The van der Waals surface area contributed by atoms with E-state index in [1.54, 1.807) is 16.8 Å². The molecule has 0 saturated carbocycles. The number of aryl methyl sites for hydroxylation is 1. The molecule has 0 radical (unpaired) electrons. The maximum Gasteiger partial charge on any atom is 0.416 e. The highest BCUT2D eigenvalue weighted by atomic mass is 19.4. The second kappa shape index (κ2) is 10.7. The molecule has 1 aromatic heterocycles. The summed E-state index contributed by atoms with van der Waals surface area (Å²) in [5, 5.41) is 3.20. The number of aliphatic imine (C=N–C) groups is 1. The van der Waals surface area contributed by atoms with Crippen LogP contribution in [0.1, 0.15) is 30.9 Å². The molecular formula is C21H27F3N4O. The molecule has 1 aromatic carbocycles. The number of nitrogens with zero attached hydrogens (tertiary/aromatic N) is 3. The van der Waals surface area contributed by atoms with Gasteiger partial charge >= 0.3 is 6.18 Å². The predicted molar refractivity (Wildman–Crippen MR) is 109 cm³/mol. The summed E-state index contributed by atoms with van der Waals surface area (Å²) in [7, 11) is 1.85. The fourth-order valence-electron chi connectivity index (χ4n) is 2.84. The van der Waals surface area contributed by atoms with Gasteiger partial charge in [-0.3, -0.25) is 9.79 Å². The van der Waals surface area contributed by atoms with Crippen LogP contribution in [0, 0.1) is 0 Å². The monoisotopic (exact) mass is 408 g/mol. The Morgan fingerprint density at radius 2 is 1.86 bits per heavy atom. The molecule has 29 heavy (non-hydrogen) atoms. The standard InChI is InChI=1S/C21H27F3N4O/c1-3-25-20(26-13-5-7-15-28-14-6-4-8-19(28)29)27(2)16-17-9-11-18(12-10-17)21(22,23)24/h4,6,8-12,14H,3,5,7,13,15-16H2,1-2H3,(H,25,26). The molecule has 1 heterocycles. The Hall–Kier alpha value is -2.77. The van der Waals surface area contributed by atoms with E-state index in [-0.39, 0.29) is 5.56 Å². The number of hydrogen-bond donors (Lipinski definition) is 1. The summed E-state index contributed by atoms with van der Waals surface area (Å²) in [6.45, 7) is 4.34. The van der Waals surface area contributed by atoms with E-state index in [9.17, 15) is 18.0 Å². The number of pyridine rings is 1. The van der Waals surface area contributed by atoms with Crippen LogP contribution in [0.3, 0.4) is 0 Å². The Labute approximate surface area is 168 Å². The lowest BCUT2D eigenvalue weighted by Crippen LogP contribution is -2.38. The molecule has 2 aromatic rings. The normalized spacial score (nSPS) is 12.1. The molecule has 0 saturated heterocycles. The molecule has 0 bridgehead atoms. The van der Waals surface area contributed by atoms with Crippen LogP contribution in [-0.2, 0) is 19.3 Å². The smallest absolute Gasteiger partial charge is 0.357 e. The minimum absolute atomic E-state index is 0.0133. The average molecular weight is 408 g/mol. The van der Waals surface area contributed by atoms with Crippen LogP contribution < -0.4 is 10.9 Å². The van der Waals surface area contributed by atoms with E-state index >= 15 is 0 Å². The fraction of sp³-hybridized carbons (Fsp3) is 0.429. The van der Waals surface area contributed by atoms with E-state index in [2.05, 4.69) is 10.3 Å². The lowest BCUT2D eigenvalue weighted by Gasteiger charge is -2.22. The second-order valence-corrected chi connectivity index (χ2v) is 6.73. The SMILES string of the molecule is CCNC(=NCCCCn1ccccc1=O)N(C)Cc1ccc(C(F)(F)F)cc1. The number of unbranched alkanes of at least 4 members (excludes halogenated alkanes) is 1. The number of nitrogens with one attached hydrogen (secondary N) is 1. The van der Waals surface area contributed by atoms with Crippen LogP contribution in [-0.4, -0.2) is 35.6 Å². The van der Waals surface area contributed by atoms with E-state index in [0.717, 1.165) is 30.5 Å². The molecule has 0 fully saturated rings. The fourth-order valence-corrected chi connectivity index (χ4v) is 2.84. The van der Waals surface area contributed by atoms with Gasteiger partial charge in [-0.15, -0.1) is 0 Å². The molecule has 0 unspecified atom stereocenters. The topological polar surface area (TPSA) is 49.6 Å². The van der Waals surface area contributed by atoms with Crippen molar-refractivity contribution in [3.05, 3.63) is 70.1 Å². The van der Waals surface area contributed by atoms with Gasteiger partial charge in [0, 0.05) is 45.5 Å². The van der Waals surface area contributed by atoms with Crippen LogP contribution in [0.15, 0.2) is 58.4 Å². The summed E-state index contributed by atoms with van der Waals surface area (Å²) in [4.78, 5) is 18.1. The maximum absolute atomic E-state index is 12.7. The van der Waals surface area contributed by atoms with Crippen LogP contribution in [0.5, 0.6) is 0 Å². The third kappa shape index (κ3) is 7.29. The van der Waals surface area contributed by atoms with Gasteiger partial charge < -0.3 is 14.8 Å². The van der Waals surface area contributed by atoms with Gasteiger partial charge in [-0.2, -0.15) is 13.2 Å². The van der Waals surface area contributed by atoms with Crippen LogP contribution >= 0.6 is 0 Å². The Morgan fingerprint density at radius 3 is 2.48 bits per heavy atom.